The molecule has 5 nitrogen and oxygen atoms in total. The molecule has 3 aliphatic heterocycles. The summed E-state index contributed by atoms with van der Waals surface area (Å²) in [4.78, 5) is 2.64. The van der Waals surface area contributed by atoms with Gasteiger partial charge in [0.2, 0.25) is 6.79 Å². The standard InChI is InChI=1S/C27H30BrNO4/c1-30-22-8-7-19-13-21-20-15-24-23(32-16-33-24)14-18(20)9-11-29(21)26(17-5-2-3-6-17)25(19)27(22)31-12-4-10-28/h7-8,13-15,17,26H,2-6,9-12,16H2,1H3. The number of alkyl halides is 1. The van der Waals surface area contributed by atoms with Crippen LogP contribution in [-0.4, -0.2) is 37.3 Å². The molecule has 1 aliphatic carbocycles. The second-order valence-corrected chi connectivity index (χ2v) is 10.1. The maximum Gasteiger partial charge on any atom is 0.231 e. The van der Waals surface area contributed by atoms with Crippen molar-refractivity contribution in [2.75, 3.05) is 32.4 Å². The first-order valence-electron chi connectivity index (χ1n) is 12.1. The highest BCUT2D eigenvalue weighted by Crippen LogP contribution is 2.54. The quantitative estimate of drug-likeness (QED) is 0.341. The smallest absolute Gasteiger partial charge is 0.231 e. The van der Waals surface area contributed by atoms with Gasteiger partial charge in [-0.3, -0.25) is 0 Å². The third-order valence-corrected chi connectivity index (χ3v) is 8.07. The summed E-state index contributed by atoms with van der Waals surface area (Å²) in [5.74, 6) is 4.11. The van der Waals surface area contributed by atoms with E-state index in [0.29, 0.717) is 25.4 Å². The average molecular weight is 512 g/mol. The van der Waals surface area contributed by atoms with Gasteiger partial charge < -0.3 is 23.8 Å². The molecule has 0 spiro atoms. The summed E-state index contributed by atoms with van der Waals surface area (Å²) in [6.07, 6.45) is 9.46. The van der Waals surface area contributed by atoms with Crippen LogP contribution in [0, 0.1) is 5.92 Å². The van der Waals surface area contributed by atoms with E-state index in [1.165, 1.54) is 53.6 Å². The lowest BCUT2D eigenvalue weighted by Gasteiger charge is -2.46. The molecule has 1 fully saturated rings. The molecule has 174 valence electrons. The molecule has 0 N–H and O–H groups in total. The molecule has 1 unspecified atom stereocenters. The fourth-order valence-corrected chi connectivity index (χ4v) is 6.25. The third kappa shape index (κ3) is 3.58. The van der Waals surface area contributed by atoms with E-state index in [2.05, 4.69) is 51.2 Å². The van der Waals surface area contributed by atoms with Crippen molar-refractivity contribution in [1.29, 1.82) is 0 Å². The number of benzene rings is 2. The van der Waals surface area contributed by atoms with Gasteiger partial charge in [0, 0.05) is 28.7 Å². The monoisotopic (exact) mass is 511 g/mol. The topological polar surface area (TPSA) is 40.2 Å². The van der Waals surface area contributed by atoms with E-state index >= 15 is 0 Å². The number of hydrogen-bond acceptors (Lipinski definition) is 5. The highest BCUT2D eigenvalue weighted by molar-refractivity contribution is 9.09. The van der Waals surface area contributed by atoms with Gasteiger partial charge in [-0.1, -0.05) is 34.8 Å². The zero-order valence-electron chi connectivity index (χ0n) is 19.1. The predicted molar refractivity (Wildman–Crippen MR) is 132 cm³/mol. The SMILES string of the molecule is COc1ccc2c(c1OCCCBr)C(C1CCCC1)N1CCc3cc4c(cc3C1=C2)OCO4. The third-order valence-electron chi connectivity index (χ3n) is 7.51. The number of nitrogens with zero attached hydrogens (tertiary/aromatic N) is 1. The van der Waals surface area contributed by atoms with Crippen molar-refractivity contribution < 1.29 is 18.9 Å². The van der Waals surface area contributed by atoms with E-state index in [4.69, 9.17) is 18.9 Å². The summed E-state index contributed by atoms with van der Waals surface area (Å²) in [6, 6.07) is 8.93. The number of fused-ring (bicyclic) bond motifs is 5. The zero-order chi connectivity index (χ0) is 22.4. The lowest BCUT2D eigenvalue weighted by atomic mass is 9.80. The molecule has 3 heterocycles. The first-order valence-corrected chi connectivity index (χ1v) is 13.2. The molecule has 2 aromatic carbocycles. The van der Waals surface area contributed by atoms with Gasteiger partial charge in [-0.15, -0.1) is 0 Å². The lowest BCUT2D eigenvalue weighted by molar-refractivity contribution is 0.174. The Balaban J connectivity index is 1.51. The number of ether oxygens (including phenoxy) is 4. The molecule has 2 aromatic rings. The van der Waals surface area contributed by atoms with Crippen molar-refractivity contribution in [3.63, 3.8) is 0 Å². The van der Waals surface area contributed by atoms with Crippen molar-refractivity contribution in [3.8, 4) is 23.0 Å². The number of hydrogen-bond donors (Lipinski definition) is 0. The van der Waals surface area contributed by atoms with E-state index in [1.54, 1.807) is 7.11 Å². The molecule has 0 aromatic heterocycles. The maximum absolute atomic E-state index is 6.42. The minimum absolute atomic E-state index is 0.301. The average Bonchev–Trinajstić information content (AvgIpc) is 3.53. The Kier molecular flexibility index (Phi) is 5.65. The van der Waals surface area contributed by atoms with Gasteiger partial charge in [0.05, 0.1) is 19.8 Å². The van der Waals surface area contributed by atoms with Crippen LogP contribution in [0.4, 0.5) is 0 Å². The van der Waals surface area contributed by atoms with E-state index in [0.717, 1.165) is 47.7 Å². The molecule has 0 amide bonds. The second-order valence-electron chi connectivity index (χ2n) is 9.32. The fraction of sp³-hybridized carbons (Fsp3) is 0.481. The maximum atomic E-state index is 6.42. The van der Waals surface area contributed by atoms with Crippen LogP contribution in [0.2, 0.25) is 0 Å². The summed E-state index contributed by atoms with van der Waals surface area (Å²) < 4.78 is 23.6. The summed E-state index contributed by atoms with van der Waals surface area (Å²) in [5, 5.41) is 0.930. The Labute approximate surface area is 203 Å². The second kappa shape index (κ2) is 8.79. The molecule has 6 rings (SSSR count). The minimum Gasteiger partial charge on any atom is -0.493 e. The van der Waals surface area contributed by atoms with Gasteiger partial charge in [0.1, 0.15) is 0 Å². The Morgan fingerprint density at radius 1 is 1.12 bits per heavy atom. The summed E-state index contributed by atoms with van der Waals surface area (Å²) in [6.45, 7) is 1.98. The molecular weight excluding hydrogens is 482 g/mol. The summed E-state index contributed by atoms with van der Waals surface area (Å²) >= 11 is 3.53. The molecule has 0 bridgehead atoms. The first kappa shape index (κ1) is 21.2. The van der Waals surface area contributed by atoms with E-state index in [9.17, 15) is 0 Å². The van der Waals surface area contributed by atoms with Crippen LogP contribution < -0.4 is 18.9 Å². The molecule has 1 saturated carbocycles. The summed E-state index contributed by atoms with van der Waals surface area (Å²) in [7, 11) is 1.74. The number of rotatable bonds is 6. The Morgan fingerprint density at radius 2 is 1.94 bits per heavy atom. The van der Waals surface area contributed by atoms with Crippen LogP contribution >= 0.6 is 15.9 Å². The van der Waals surface area contributed by atoms with Crippen LogP contribution in [0.3, 0.4) is 0 Å². The van der Waals surface area contributed by atoms with E-state index < -0.39 is 0 Å². The van der Waals surface area contributed by atoms with Crippen molar-refractivity contribution in [3.05, 3.63) is 46.5 Å². The van der Waals surface area contributed by atoms with Crippen molar-refractivity contribution in [2.24, 2.45) is 5.92 Å². The van der Waals surface area contributed by atoms with Crippen LogP contribution in [0.1, 0.15) is 60.4 Å². The molecule has 0 saturated heterocycles. The molecular formula is C27H30BrNO4. The van der Waals surface area contributed by atoms with Crippen LogP contribution in [-0.2, 0) is 6.42 Å². The van der Waals surface area contributed by atoms with Gasteiger partial charge in [-0.25, -0.2) is 0 Å². The molecule has 0 radical (unpaired) electrons. The largest absolute Gasteiger partial charge is 0.493 e. The Bertz CT molecular complexity index is 1090. The fourth-order valence-electron chi connectivity index (χ4n) is 6.03. The number of halogens is 1. The Morgan fingerprint density at radius 3 is 2.73 bits per heavy atom. The van der Waals surface area contributed by atoms with Gasteiger partial charge in [-0.05, 0) is 67.0 Å². The Hall–Kier alpha value is -2.34. The van der Waals surface area contributed by atoms with Crippen molar-refractivity contribution >= 4 is 27.7 Å². The number of methoxy groups -OCH3 is 1. The zero-order valence-corrected chi connectivity index (χ0v) is 20.7. The predicted octanol–water partition coefficient (Wildman–Crippen LogP) is 6.19. The van der Waals surface area contributed by atoms with Gasteiger partial charge >= 0.3 is 0 Å². The van der Waals surface area contributed by atoms with Gasteiger partial charge in [0.25, 0.3) is 0 Å². The minimum atomic E-state index is 0.301. The van der Waals surface area contributed by atoms with Gasteiger partial charge in [-0.2, -0.15) is 0 Å². The molecule has 1 atom stereocenters. The van der Waals surface area contributed by atoms with Gasteiger partial charge in [0.15, 0.2) is 23.0 Å². The van der Waals surface area contributed by atoms with Crippen molar-refractivity contribution in [2.45, 2.75) is 44.6 Å². The van der Waals surface area contributed by atoms with E-state index in [-0.39, 0.29) is 0 Å². The normalized spacial score (nSPS) is 20.7. The van der Waals surface area contributed by atoms with Crippen LogP contribution in [0.5, 0.6) is 23.0 Å². The lowest BCUT2D eigenvalue weighted by Crippen LogP contribution is -2.39. The summed E-state index contributed by atoms with van der Waals surface area (Å²) in [5.41, 5.74) is 6.48. The van der Waals surface area contributed by atoms with Crippen LogP contribution in [0.25, 0.3) is 11.8 Å². The first-order chi connectivity index (χ1) is 16.3. The van der Waals surface area contributed by atoms with Crippen molar-refractivity contribution in [1.82, 2.24) is 4.90 Å². The molecule has 33 heavy (non-hydrogen) atoms. The van der Waals surface area contributed by atoms with E-state index in [1.807, 2.05) is 0 Å². The molecule has 4 aliphatic rings. The highest BCUT2D eigenvalue weighted by Gasteiger charge is 2.41. The van der Waals surface area contributed by atoms with Crippen LogP contribution in [0.15, 0.2) is 24.3 Å². The highest BCUT2D eigenvalue weighted by atomic mass is 79.9. The molecule has 6 heteroatoms.